The number of benzene rings is 7. The van der Waals surface area contributed by atoms with Crippen LogP contribution in [0.1, 0.15) is 5.56 Å². The Morgan fingerprint density at radius 3 is 1.60 bits per heavy atom. The molecule has 0 fully saturated rings. The van der Waals surface area contributed by atoms with Crippen molar-refractivity contribution < 1.29 is 8.83 Å². The van der Waals surface area contributed by atoms with E-state index in [1.807, 2.05) is 36.4 Å². The lowest BCUT2D eigenvalue weighted by Crippen LogP contribution is -1.93. The third-order valence-corrected chi connectivity index (χ3v) is 9.95. The quantitative estimate of drug-likeness (QED) is 0.195. The summed E-state index contributed by atoms with van der Waals surface area (Å²) in [5.74, 6) is 0. The Kier molecular flexibility index (Phi) is 4.85. The number of fused-ring (bicyclic) bond motifs is 14. The fraction of sp³-hybridized carbons (Fsp3) is 0. The lowest BCUT2D eigenvalue weighted by Gasteiger charge is -2.08. The summed E-state index contributed by atoms with van der Waals surface area (Å²) in [5.41, 5.74) is 10.6. The summed E-state index contributed by atoms with van der Waals surface area (Å²) < 4.78 is 17.8. The van der Waals surface area contributed by atoms with Crippen LogP contribution in [0.5, 0.6) is 0 Å². The highest BCUT2D eigenvalue weighted by Crippen LogP contribution is 2.45. The molecular weight excluding hydrogens is 590 g/mol. The molecule has 4 heterocycles. The smallest absolute Gasteiger partial charge is 0.145 e. The number of rotatable bonds is 2. The summed E-state index contributed by atoms with van der Waals surface area (Å²) in [7, 11) is 0. The zero-order valence-corrected chi connectivity index (χ0v) is 25.4. The van der Waals surface area contributed by atoms with E-state index in [2.05, 4.69) is 118 Å². The van der Waals surface area contributed by atoms with Crippen molar-refractivity contribution in [3.63, 3.8) is 0 Å². The maximum Gasteiger partial charge on any atom is 0.145 e. The van der Waals surface area contributed by atoms with Crippen LogP contribution in [0.25, 0.3) is 98.9 Å². The van der Waals surface area contributed by atoms with Crippen LogP contribution in [-0.2, 0) is 0 Å². The Balaban J connectivity index is 1.23. The topological polar surface area (TPSA) is 59.9 Å². The first-order valence-corrected chi connectivity index (χ1v) is 16.0. The molecule has 0 saturated heterocycles. The number of hydrogen-bond acceptors (Lipinski definition) is 3. The molecule has 0 amide bonds. The molecule has 0 bridgehead atoms. The number of nitrogens with zero attached hydrogens (tertiary/aromatic N) is 3. The van der Waals surface area contributed by atoms with Gasteiger partial charge in [0, 0.05) is 43.7 Å². The van der Waals surface area contributed by atoms with Crippen LogP contribution in [0.3, 0.4) is 0 Å². The average molecular weight is 614 g/mol. The van der Waals surface area contributed by atoms with Crippen LogP contribution in [0.2, 0.25) is 0 Å². The summed E-state index contributed by atoms with van der Waals surface area (Å²) >= 11 is 0. The molecule has 11 rings (SSSR count). The molecule has 0 aliphatic heterocycles. The third-order valence-electron chi connectivity index (χ3n) is 9.95. The normalized spacial score (nSPS) is 12.1. The minimum Gasteiger partial charge on any atom is -0.456 e. The summed E-state index contributed by atoms with van der Waals surface area (Å²) in [4.78, 5) is 0. The van der Waals surface area contributed by atoms with Crippen molar-refractivity contribution in [3.05, 3.63) is 145 Å². The van der Waals surface area contributed by atoms with E-state index in [1.54, 1.807) is 0 Å². The molecule has 0 saturated carbocycles. The first kappa shape index (κ1) is 25.4. The van der Waals surface area contributed by atoms with Crippen LogP contribution in [0.4, 0.5) is 0 Å². The largest absolute Gasteiger partial charge is 0.456 e. The minimum atomic E-state index is 0.639. The zero-order chi connectivity index (χ0) is 31.5. The molecule has 0 N–H and O–H groups in total. The minimum absolute atomic E-state index is 0.639. The highest BCUT2D eigenvalue weighted by atomic mass is 16.3. The van der Waals surface area contributed by atoms with E-state index in [4.69, 9.17) is 8.83 Å². The van der Waals surface area contributed by atoms with Crippen molar-refractivity contribution in [2.45, 2.75) is 0 Å². The lowest BCUT2D eigenvalue weighted by atomic mass is 10.1. The van der Waals surface area contributed by atoms with E-state index >= 15 is 0 Å². The maximum absolute atomic E-state index is 9.39. The van der Waals surface area contributed by atoms with E-state index in [0.29, 0.717) is 5.56 Å². The van der Waals surface area contributed by atoms with Crippen molar-refractivity contribution >= 4 is 87.5 Å². The number of hydrogen-bond donors (Lipinski definition) is 0. The van der Waals surface area contributed by atoms with Gasteiger partial charge in [0.05, 0.1) is 44.5 Å². The molecule has 0 radical (unpaired) electrons. The molecule has 0 unspecified atom stereocenters. The fourth-order valence-electron chi connectivity index (χ4n) is 7.89. The molecule has 5 nitrogen and oxygen atoms in total. The molecule has 5 heteroatoms. The molecule has 4 aromatic heterocycles. The van der Waals surface area contributed by atoms with Gasteiger partial charge in [-0.1, -0.05) is 54.6 Å². The van der Waals surface area contributed by atoms with Crippen molar-refractivity contribution in [2.75, 3.05) is 0 Å². The maximum atomic E-state index is 9.39. The summed E-state index contributed by atoms with van der Waals surface area (Å²) in [5, 5.41) is 18.2. The zero-order valence-electron chi connectivity index (χ0n) is 25.4. The molecule has 11 aromatic rings. The molecule has 0 atom stereocenters. The van der Waals surface area contributed by atoms with Gasteiger partial charge in [-0.05, 0) is 84.9 Å². The summed E-state index contributed by atoms with van der Waals surface area (Å²) in [6.07, 6.45) is 0. The van der Waals surface area contributed by atoms with Crippen molar-refractivity contribution in [1.82, 2.24) is 9.13 Å². The fourth-order valence-corrected chi connectivity index (χ4v) is 7.89. The number of nitriles is 1. The SMILES string of the molecule is N#Cc1ccc(-n2c3ccccc3c3c4oc5c(ccc6c5c5ccccc5n6-c5ccc6oc7ccccc7c6c5)c4ccc32)cc1. The van der Waals surface area contributed by atoms with Crippen molar-refractivity contribution in [2.24, 2.45) is 0 Å². The van der Waals surface area contributed by atoms with Crippen molar-refractivity contribution in [1.29, 1.82) is 5.26 Å². The van der Waals surface area contributed by atoms with E-state index in [9.17, 15) is 5.26 Å². The van der Waals surface area contributed by atoms with Crippen LogP contribution >= 0.6 is 0 Å². The Hall–Kier alpha value is -6.77. The first-order valence-electron chi connectivity index (χ1n) is 16.0. The van der Waals surface area contributed by atoms with E-state index < -0.39 is 0 Å². The molecule has 0 spiro atoms. The second-order valence-electron chi connectivity index (χ2n) is 12.4. The first-order chi connectivity index (χ1) is 23.8. The van der Waals surface area contributed by atoms with Gasteiger partial charge in [-0.15, -0.1) is 0 Å². The van der Waals surface area contributed by atoms with Gasteiger partial charge in [0.1, 0.15) is 22.3 Å². The predicted octanol–water partition coefficient (Wildman–Crippen LogP) is 11.6. The highest BCUT2D eigenvalue weighted by Gasteiger charge is 2.22. The number of furan rings is 2. The standard InChI is InChI=1S/C43H23N3O2/c44-24-25-13-15-26(16-14-25)45-34-10-4-1-8-31(34)40-36(45)20-18-29-30-19-21-37-41(43(30)48-42(29)40)32-9-2-5-11-35(32)46(37)27-17-22-39-33(23-27)28-7-3-6-12-38(28)47-39/h1-23H. The predicted molar refractivity (Wildman–Crippen MR) is 194 cm³/mol. The molecule has 48 heavy (non-hydrogen) atoms. The van der Waals surface area contributed by atoms with Gasteiger partial charge in [-0.25, -0.2) is 0 Å². The lowest BCUT2D eigenvalue weighted by molar-refractivity contribution is 0.669. The Bertz CT molecular complexity index is 3180. The van der Waals surface area contributed by atoms with Crippen LogP contribution < -0.4 is 0 Å². The molecule has 7 aromatic carbocycles. The summed E-state index contributed by atoms with van der Waals surface area (Å²) in [6.45, 7) is 0. The van der Waals surface area contributed by atoms with Gasteiger partial charge in [-0.2, -0.15) is 5.26 Å². The summed E-state index contributed by atoms with van der Waals surface area (Å²) in [6, 6.07) is 50.5. The van der Waals surface area contributed by atoms with Crippen LogP contribution in [-0.4, -0.2) is 9.13 Å². The van der Waals surface area contributed by atoms with E-state index in [1.165, 1.54) is 0 Å². The van der Waals surface area contributed by atoms with Crippen LogP contribution in [0.15, 0.2) is 148 Å². The van der Waals surface area contributed by atoms with Gasteiger partial charge in [0.15, 0.2) is 0 Å². The Morgan fingerprint density at radius 1 is 0.417 bits per heavy atom. The molecule has 222 valence electrons. The number of para-hydroxylation sites is 3. The Morgan fingerprint density at radius 2 is 0.958 bits per heavy atom. The second kappa shape index (κ2) is 9.16. The van der Waals surface area contributed by atoms with Gasteiger partial charge >= 0.3 is 0 Å². The van der Waals surface area contributed by atoms with Gasteiger partial charge in [-0.3, -0.25) is 0 Å². The third kappa shape index (κ3) is 3.23. The Labute approximate surface area is 272 Å². The van der Waals surface area contributed by atoms with Crippen LogP contribution in [0, 0.1) is 11.3 Å². The molecule has 0 aliphatic rings. The average Bonchev–Trinajstić information content (AvgIpc) is 3.88. The van der Waals surface area contributed by atoms with Gasteiger partial charge in [0.2, 0.25) is 0 Å². The van der Waals surface area contributed by atoms with Gasteiger partial charge < -0.3 is 18.0 Å². The van der Waals surface area contributed by atoms with E-state index in [-0.39, 0.29) is 0 Å². The second-order valence-corrected chi connectivity index (χ2v) is 12.4. The van der Waals surface area contributed by atoms with E-state index in [0.717, 1.165) is 98.9 Å². The monoisotopic (exact) mass is 613 g/mol. The highest BCUT2D eigenvalue weighted by molar-refractivity contribution is 6.29. The van der Waals surface area contributed by atoms with Crippen molar-refractivity contribution in [3.8, 4) is 17.4 Å². The number of aromatic nitrogens is 2. The molecular formula is C43H23N3O2. The van der Waals surface area contributed by atoms with Gasteiger partial charge in [0.25, 0.3) is 0 Å². The molecule has 0 aliphatic carbocycles.